The van der Waals surface area contributed by atoms with Crippen molar-refractivity contribution in [3.8, 4) is 0 Å². The lowest BCUT2D eigenvalue weighted by atomic mass is 10.2. The van der Waals surface area contributed by atoms with E-state index in [0.717, 1.165) is 0 Å². The van der Waals surface area contributed by atoms with Crippen molar-refractivity contribution >= 4 is 10.0 Å². The Labute approximate surface area is 113 Å². The molecule has 0 aromatic heterocycles. The van der Waals surface area contributed by atoms with Gasteiger partial charge in [0, 0.05) is 12.6 Å². The molecule has 1 aromatic carbocycles. The zero-order valence-electron chi connectivity index (χ0n) is 10.2. The van der Waals surface area contributed by atoms with E-state index in [1.165, 1.54) is 0 Å². The molecular formula is C11H12F4N2O2S. The predicted octanol–water partition coefficient (Wildman–Crippen LogP) is 1.48. The lowest BCUT2D eigenvalue weighted by Gasteiger charge is -2.14. The van der Waals surface area contributed by atoms with E-state index in [1.54, 1.807) is 0 Å². The molecule has 112 valence electrons. The molecule has 20 heavy (non-hydrogen) atoms. The fourth-order valence-electron chi connectivity index (χ4n) is 1.92. The normalized spacial score (nSPS) is 20.3. The van der Waals surface area contributed by atoms with Gasteiger partial charge in [0.1, 0.15) is 10.7 Å². The first kappa shape index (κ1) is 15.2. The van der Waals surface area contributed by atoms with E-state index in [-0.39, 0.29) is 0 Å². The van der Waals surface area contributed by atoms with Crippen molar-refractivity contribution in [2.24, 2.45) is 0 Å². The van der Waals surface area contributed by atoms with Gasteiger partial charge in [0.2, 0.25) is 10.0 Å². The first-order chi connectivity index (χ1) is 9.20. The molecule has 0 bridgehead atoms. The molecule has 9 heteroatoms. The van der Waals surface area contributed by atoms with E-state index in [4.69, 9.17) is 0 Å². The number of halogens is 4. The Kier molecular flexibility index (Phi) is 4.03. The summed E-state index contributed by atoms with van der Waals surface area (Å²) in [5.41, 5.74) is -1.20. The summed E-state index contributed by atoms with van der Waals surface area (Å²) in [6.45, 7) is 0.956. The van der Waals surface area contributed by atoms with E-state index >= 15 is 0 Å². The summed E-state index contributed by atoms with van der Waals surface area (Å²) in [5.74, 6) is -1.21. The van der Waals surface area contributed by atoms with Crippen molar-refractivity contribution in [1.29, 1.82) is 0 Å². The fourth-order valence-corrected chi connectivity index (χ4v) is 3.30. The molecule has 2 N–H and O–H groups in total. The van der Waals surface area contributed by atoms with Crippen LogP contribution < -0.4 is 10.0 Å². The highest BCUT2D eigenvalue weighted by Gasteiger charge is 2.33. The second kappa shape index (κ2) is 5.30. The molecule has 1 unspecified atom stereocenters. The maximum atomic E-state index is 13.5. The van der Waals surface area contributed by atoms with Crippen molar-refractivity contribution in [1.82, 2.24) is 10.0 Å². The van der Waals surface area contributed by atoms with E-state index < -0.39 is 38.5 Å². The fraction of sp³-hybridized carbons (Fsp3) is 0.455. The molecule has 1 aromatic rings. The molecule has 1 aliphatic heterocycles. The summed E-state index contributed by atoms with van der Waals surface area (Å²) < 4.78 is 77.2. The van der Waals surface area contributed by atoms with Crippen LogP contribution in [0.1, 0.15) is 12.0 Å². The van der Waals surface area contributed by atoms with Gasteiger partial charge in [0.05, 0.1) is 5.56 Å². The number of nitrogens with one attached hydrogen (secondary N) is 2. The van der Waals surface area contributed by atoms with Crippen molar-refractivity contribution in [2.45, 2.75) is 23.5 Å². The Hall–Kier alpha value is -1.19. The van der Waals surface area contributed by atoms with Crippen LogP contribution in [-0.4, -0.2) is 27.5 Å². The molecule has 0 radical (unpaired) electrons. The summed E-state index contributed by atoms with van der Waals surface area (Å²) in [6.07, 6.45) is -4.23. The van der Waals surface area contributed by atoms with E-state index in [1.807, 2.05) is 0 Å². The second-order valence-corrected chi connectivity index (χ2v) is 6.14. The maximum absolute atomic E-state index is 13.5. The van der Waals surface area contributed by atoms with E-state index in [2.05, 4.69) is 10.0 Å². The second-order valence-electron chi connectivity index (χ2n) is 4.45. The zero-order valence-corrected chi connectivity index (χ0v) is 11.0. The first-order valence-electron chi connectivity index (χ1n) is 5.80. The standard InChI is InChI=1S/C11H12F4N2O2S/c12-9-2-1-7(11(13,14)15)5-10(9)20(18,19)17-8-3-4-16-6-8/h1-2,5,8,16-17H,3-4,6H2. The van der Waals surface area contributed by atoms with Gasteiger partial charge in [-0.2, -0.15) is 13.2 Å². The molecular weight excluding hydrogens is 300 g/mol. The van der Waals surface area contributed by atoms with Crippen LogP contribution in [0, 0.1) is 5.82 Å². The third kappa shape index (κ3) is 3.28. The summed E-state index contributed by atoms with van der Waals surface area (Å²) in [4.78, 5) is -0.987. The number of sulfonamides is 1. The smallest absolute Gasteiger partial charge is 0.315 e. The highest BCUT2D eigenvalue weighted by atomic mass is 32.2. The van der Waals surface area contributed by atoms with Gasteiger partial charge in [-0.05, 0) is 31.2 Å². The Morgan fingerprint density at radius 3 is 2.55 bits per heavy atom. The van der Waals surface area contributed by atoms with Crippen LogP contribution in [0.2, 0.25) is 0 Å². The first-order valence-corrected chi connectivity index (χ1v) is 7.28. The quantitative estimate of drug-likeness (QED) is 0.831. The highest BCUT2D eigenvalue weighted by Crippen LogP contribution is 2.31. The van der Waals surface area contributed by atoms with Crippen molar-refractivity contribution in [3.05, 3.63) is 29.6 Å². The van der Waals surface area contributed by atoms with Crippen LogP contribution >= 0.6 is 0 Å². The molecule has 0 spiro atoms. The van der Waals surface area contributed by atoms with Gasteiger partial charge in [-0.15, -0.1) is 0 Å². The molecule has 1 heterocycles. The monoisotopic (exact) mass is 312 g/mol. The van der Waals surface area contributed by atoms with Gasteiger partial charge in [-0.1, -0.05) is 0 Å². The molecule has 4 nitrogen and oxygen atoms in total. The minimum Gasteiger partial charge on any atom is -0.315 e. The average molecular weight is 312 g/mol. The van der Waals surface area contributed by atoms with Gasteiger partial charge in [-0.25, -0.2) is 17.5 Å². The number of hydrogen-bond donors (Lipinski definition) is 2. The summed E-state index contributed by atoms with van der Waals surface area (Å²) >= 11 is 0. The minimum absolute atomic E-state index is 0.306. The third-order valence-electron chi connectivity index (χ3n) is 2.93. The van der Waals surface area contributed by atoms with Gasteiger partial charge in [0.25, 0.3) is 0 Å². The number of benzene rings is 1. The zero-order chi connectivity index (χ0) is 15.0. The predicted molar refractivity (Wildman–Crippen MR) is 63.0 cm³/mol. The average Bonchev–Trinajstić information content (AvgIpc) is 2.79. The summed E-state index contributed by atoms with van der Waals surface area (Å²) in [7, 11) is -4.32. The Morgan fingerprint density at radius 1 is 1.30 bits per heavy atom. The van der Waals surface area contributed by atoms with E-state index in [0.29, 0.717) is 37.7 Å². The van der Waals surface area contributed by atoms with Crippen molar-refractivity contribution in [3.63, 3.8) is 0 Å². The molecule has 0 aliphatic carbocycles. The van der Waals surface area contributed by atoms with Gasteiger partial charge in [0.15, 0.2) is 0 Å². The third-order valence-corrected chi connectivity index (χ3v) is 4.47. The van der Waals surface area contributed by atoms with Crippen LogP contribution in [-0.2, 0) is 16.2 Å². The number of rotatable bonds is 3. The summed E-state index contributed by atoms with van der Waals surface area (Å²) in [6, 6.07) is 0.865. The lowest BCUT2D eigenvalue weighted by Crippen LogP contribution is -2.36. The van der Waals surface area contributed by atoms with Gasteiger partial charge in [-0.3, -0.25) is 0 Å². The molecule has 1 saturated heterocycles. The van der Waals surface area contributed by atoms with E-state index in [9.17, 15) is 26.0 Å². The van der Waals surface area contributed by atoms with Crippen LogP contribution in [0.25, 0.3) is 0 Å². The van der Waals surface area contributed by atoms with Crippen LogP contribution in [0.15, 0.2) is 23.1 Å². The minimum atomic E-state index is -4.73. The molecule has 1 aliphatic rings. The summed E-state index contributed by atoms with van der Waals surface area (Å²) in [5, 5.41) is 2.90. The number of hydrogen-bond acceptors (Lipinski definition) is 3. The topological polar surface area (TPSA) is 58.2 Å². The molecule has 0 saturated carbocycles. The maximum Gasteiger partial charge on any atom is 0.416 e. The molecule has 2 rings (SSSR count). The SMILES string of the molecule is O=S(=O)(NC1CCNC1)c1cc(C(F)(F)F)ccc1F. The van der Waals surface area contributed by atoms with Crippen molar-refractivity contribution in [2.75, 3.05) is 13.1 Å². The Balaban J connectivity index is 2.35. The molecule has 0 amide bonds. The van der Waals surface area contributed by atoms with Gasteiger partial charge < -0.3 is 5.32 Å². The Morgan fingerprint density at radius 2 is 2.00 bits per heavy atom. The molecule has 1 atom stereocenters. The highest BCUT2D eigenvalue weighted by molar-refractivity contribution is 7.89. The van der Waals surface area contributed by atoms with Gasteiger partial charge >= 0.3 is 6.18 Å². The van der Waals surface area contributed by atoms with Crippen LogP contribution in [0.3, 0.4) is 0 Å². The van der Waals surface area contributed by atoms with Crippen molar-refractivity contribution < 1.29 is 26.0 Å². The van der Waals surface area contributed by atoms with Crippen LogP contribution in [0.5, 0.6) is 0 Å². The molecule has 1 fully saturated rings. The number of alkyl halides is 3. The van der Waals surface area contributed by atoms with Crippen LogP contribution in [0.4, 0.5) is 17.6 Å². The lowest BCUT2D eigenvalue weighted by molar-refractivity contribution is -0.137. The Bertz CT molecular complexity index is 595. The largest absolute Gasteiger partial charge is 0.416 e.